The monoisotopic (exact) mass is 331 g/mol. The Hall–Kier alpha value is -1.59. The average molecular weight is 331 g/mol. The highest BCUT2D eigenvalue weighted by molar-refractivity contribution is 5.81. The molecule has 3 rings (SSSR count). The number of aromatic hydroxyl groups is 1. The first-order chi connectivity index (χ1) is 11.6. The van der Waals surface area contributed by atoms with Crippen molar-refractivity contribution in [1.29, 1.82) is 0 Å². The highest BCUT2D eigenvalue weighted by Gasteiger charge is 2.29. The number of nitrogens with zero attached hydrogens (tertiary/aromatic N) is 3. The van der Waals surface area contributed by atoms with Crippen molar-refractivity contribution >= 4 is 5.91 Å². The van der Waals surface area contributed by atoms with Crippen molar-refractivity contribution < 1.29 is 9.90 Å². The topological polar surface area (TPSA) is 47.0 Å². The number of phenols is 1. The highest BCUT2D eigenvalue weighted by Crippen LogP contribution is 2.17. The predicted molar refractivity (Wildman–Crippen MR) is 94.8 cm³/mol. The van der Waals surface area contributed by atoms with Crippen LogP contribution in [0.1, 0.15) is 31.7 Å². The van der Waals surface area contributed by atoms with Crippen LogP contribution in [0.25, 0.3) is 0 Å². The first kappa shape index (κ1) is 17.2. The van der Waals surface area contributed by atoms with E-state index in [1.54, 1.807) is 6.07 Å². The molecule has 2 aliphatic heterocycles. The van der Waals surface area contributed by atoms with Gasteiger partial charge in [-0.25, -0.2) is 0 Å². The molecule has 1 amide bonds. The minimum Gasteiger partial charge on any atom is -0.508 e. The van der Waals surface area contributed by atoms with Crippen LogP contribution < -0.4 is 0 Å². The van der Waals surface area contributed by atoms with Crippen LogP contribution in [0.3, 0.4) is 0 Å². The largest absolute Gasteiger partial charge is 0.508 e. The van der Waals surface area contributed by atoms with E-state index in [4.69, 9.17) is 0 Å². The second-order valence-corrected chi connectivity index (χ2v) is 7.04. The van der Waals surface area contributed by atoms with Crippen molar-refractivity contribution in [3.63, 3.8) is 0 Å². The molecule has 0 bridgehead atoms. The summed E-state index contributed by atoms with van der Waals surface area (Å²) in [5, 5.41) is 9.57. The Morgan fingerprint density at radius 3 is 2.46 bits per heavy atom. The van der Waals surface area contributed by atoms with Crippen molar-refractivity contribution in [2.75, 3.05) is 39.3 Å². The third-order valence-electron chi connectivity index (χ3n) is 5.30. The number of piperazine rings is 1. The Labute approximate surface area is 144 Å². The van der Waals surface area contributed by atoms with Crippen molar-refractivity contribution in [3.05, 3.63) is 29.8 Å². The summed E-state index contributed by atoms with van der Waals surface area (Å²) in [6.07, 6.45) is 3.73. The van der Waals surface area contributed by atoms with Crippen LogP contribution in [0.5, 0.6) is 5.75 Å². The number of benzene rings is 1. The summed E-state index contributed by atoms with van der Waals surface area (Å²) < 4.78 is 0. The Kier molecular flexibility index (Phi) is 5.74. The molecule has 0 radical (unpaired) electrons. The molecule has 2 heterocycles. The normalized spacial score (nSPS) is 21.6. The minimum atomic E-state index is 0.0166. The lowest BCUT2D eigenvalue weighted by atomic mass is 10.1. The second kappa shape index (κ2) is 7.99. The Balaban J connectivity index is 1.48. The molecule has 5 heteroatoms. The van der Waals surface area contributed by atoms with Crippen molar-refractivity contribution in [1.82, 2.24) is 14.7 Å². The number of piperidine rings is 1. The smallest absolute Gasteiger partial charge is 0.239 e. The minimum absolute atomic E-state index is 0.0166. The first-order valence-electron chi connectivity index (χ1n) is 9.16. The van der Waals surface area contributed by atoms with Crippen molar-refractivity contribution in [3.8, 4) is 5.75 Å². The number of hydrogen-bond acceptors (Lipinski definition) is 4. The van der Waals surface area contributed by atoms with Crippen LogP contribution in [0, 0.1) is 0 Å². The number of carbonyl (C=O) groups is 1. The molecule has 2 aliphatic rings. The van der Waals surface area contributed by atoms with E-state index in [1.807, 2.05) is 23.1 Å². The van der Waals surface area contributed by atoms with E-state index in [0.29, 0.717) is 5.75 Å². The van der Waals surface area contributed by atoms with Crippen LogP contribution >= 0.6 is 0 Å². The number of carbonyl (C=O) groups excluding carboxylic acids is 1. The fourth-order valence-electron chi connectivity index (χ4n) is 3.77. The Bertz CT molecular complexity index is 549. The molecule has 0 aromatic heterocycles. The molecule has 132 valence electrons. The maximum absolute atomic E-state index is 12.7. The lowest BCUT2D eigenvalue weighted by Gasteiger charge is -2.39. The second-order valence-electron chi connectivity index (χ2n) is 7.04. The summed E-state index contributed by atoms with van der Waals surface area (Å²) in [6, 6.07) is 7.45. The molecular weight excluding hydrogens is 302 g/mol. The van der Waals surface area contributed by atoms with Crippen LogP contribution in [-0.2, 0) is 11.3 Å². The summed E-state index contributed by atoms with van der Waals surface area (Å²) >= 11 is 0. The van der Waals surface area contributed by atoms with Crippen molar-refractivity contribution in [2.45, 2.75) is 38.8 Å². The average Bonchev–Trinajstić information content (AvgIpc) is 2.62. The number of amides is 1. The number of likely N-dealkylation sites (tertiary alicyclic amines) is 1. The molecule has 1 aromatic rings. The molecule has 2 saturated heterocycles. The summed E-state index contributed by atoms with van der Waals surface area (Å²) in [5.41, 5.74) is 1.12. The maximum atomic E-state index is 12.7. The third kappa shape index (κ3) is 4.28. The van der Waals surface area contributed by atoms with Gasteiger partial charge in [0, 0.05) is 32.7 Å². The SMILES string of the molecule is C[C@H](C(=O)N1CCN(Cc2cccc(O)c2)CC1)N1CCCCC1. The van der Waals surface area contributed by atoms with E-state index in [0.717, 1.165) is 51.4 Å². The van der Waals surface area contributed by atoms with E-state index in [9.17, 15) is 9.90 Å². The molecule has 0 aliphatic carbocycles. The molecule has 1 atom stereocenters. The molecule has 1 aromatic carbocycles. The lowest BCUT2D eigenvalue weighted by molar-refractivity contribution is -0.138. The lowest BCUT2D eigenvalue weighted by Crippen LogP contribution is -2.54. The summed E-state index contributed by atoms with van der Waals surface area (Å²) in [6.45, 7) is 8.41. The zero-order chi connectivity index (χ0) is 16.9. The quantitative estimate of drug-likeness (QED) is 0.916. The van der Waals surface area contributed by atoms with E-state index >= 15 is 0 Å². The van der Waals surface area contributed by atoms with Gasteiger partial charge in [-0.3, -0.25) is 14.6 Å². The van der Waals surface area contributed by atoms with Gasteiger partial charge in [0.05, 0.1) is 6.04 Å². The van der Waals surface area contributed by atoms with Crippen LogP contribution in [0.2, 0.25) is 0 Å². The van der Waals surface area contributed by atoms with Gasteiger partial charge in [0.1, 0.15) is 5.75 Å². The maximum Gasteiger partial charge on any atom is 0.239 e. The van der Waals surface area contributed by atoms with E-state index in [2.05, 4.69) is 16.7 Å². The summed E-state index contributed by atoms with van der Waals surface area (Å²) in [5.74, 6) is 0.602. The van der Waals surface area contributed by atoms with E-state index < -0.39 is 0 Å². The first-order valence-corrected chi connectivity index (χ1v) is 9.16. The molecule has 0 saturated carbocycles. The molecule has 5 nitrogen and oxygen atoms in total. The summed E-state index contributed by atoms with van der Waals surface area (Å²) in [4.78, 5) is 19.5. The Morgan fingerprint density at radius 2 is 1.79 bits per heavy atom. The van der Waals surface area contributed by atoms with E-state index in [-0.39, 0.29) is 11.9 Å². The molecule has 0 spiro atoms. The highest BCUT2D eigenvalue weighted by atomic mass is 16.3. The van der Waals surface area contributed by atoms with Gasteiger partial charge in [0.2, 0.25) is 5.91 Å². The molecule has 1 N–H and O–H groups in total. The molecule has 0 unspecified atom stereocenters. The fraction of sp³-hybridized carbons (Fsp3) is 0.632. The fourth-order valence-corrected chi connectivity index (χ4v) is 3.77. The third-order valence-corrected chi connectivity index (χ3v) is 5.30. The standard InChI is InChI=1S/C19H29N3O2/c1-16(21-8-3-2-4-9-21)19(24)22-12-10-20(11-13-22)15-17-6-5-7-18(23)14-17/h5-7,14,16,23H,2-4,8-13,15H2,1H3/t16-/m1/s1. The predicted octanol–water partition coefficient (Wildman–Crippen LogP) is 1.91. The summed E-state index contributed by atoms with van der Waals surface area (Å²) in [7, 11) is 0. The van der Waals surface area contributed by atoms with Gasteiger partial charge in [-0.1, -0.05) is 18.6 Å². The number of rotatable bonds is 4. The zero-order valence-corrected chi connectivity index (χ0v) is 14.7. The number of phenolic OH excluding ortho intramolecular Hbond substituents is 1. The van der Waals surface area contributed by atoms with Gasteiger partial charge in [0.25, 0.3) is 0 Å². The van der Waals surface area contributed by atoms with Crippen LogP contribution in [0.15, 0.2) is 24.3 Å². The van der Waals surface area contributed by atoms with E-state index in [1.165, 1.54) is 19.3 Å². The van der Waals surface area contributed by atoms with Gasteiger partial charge in [-0.2, -0.15) is 0 Å². The molecule has 2 fully saturated rings. The van der Waals surface area contributed by atoms with Crippen LogP contribution in [-0.4, -0.2) is 71.0 Å². The van der Waals surface area contributed by atoms with Gasteiger partial charge in [-0.15, -0.1) is 0 Å². The molecular formula is C19H29N3O2. The van der Waals surface area contributed by atoms with Gasteiger partial charge in [-0.05, 0) is 50.6 Å². The van der Waals surface area contributed by atoms with Crippen molar-refractivity contribution in [2.24, 2.45) is 0 Å². The zero-order valence-electron chi connectivity index (χ0n) is 14.7. The van der Waals surface area contributed by atoms with Crippen LogP contribution in [0.4, 0.5) is 0 Å². The number of hydrogen-bond donors (Lipinski definition) is 1. The van der Waals surface area contributed by atoms with Gasteiger partial charge >= 0.3 is 0 Å². The van der Waals surface area contributed by atoms with Gasteiger partial charge in [0.15, 0.2) is 0 Å². The Morgan fingerprint density at radius 1 is 1.08 bits per heavy atom. The van der Waals surface area contributed by atoms with Gasteiger partial charge < -0.3 is 10.0 Å². The molecule has 24 heavy (non-hydrogen) atoms.